The van der Waals surface area contributed by atoms with Crippen molar-refractivity contribution in [2.24, 2.45) is 0 Å². The van der Waals surface area contributed by atoms with Gasteiger partial charge in [0, 0.05) is 17.2 Å². The summed E-state index contributed by atoms with van der Waals surface area (Å²) in [5.41, 5.74) is 5.08. The van der Waals surface area contributed by atoms with Crippen LogP contribution in [0.25, 0.3) is 0 Å². The van der Waals surface area contributed by atoms with Crippen molar-refractivity contribution in [1.82, 2.24) is 0 Å². The number of aryl methyl sites for hydroxylation is 1. The average Bonchev–Trinajstić information content (AvgIpc) is 2.73. The Labute approximate surface area is 164 Å². The van der Waals surface area contributed by atoms with Gasteiger partial charge in [0.1, 0.15) is 17.2 Å². The maximum atomic E-state index is 10.1. The first-order valence-corrected chi connectivity index (χ1v) is 9.43. The highest BCUT2D eigenvalue weighted by molar-refractivity contribution is 5.70. The molecule has 0 saturated heterocycles. The van der Waals surface area contributed by atoms with Gasteiger partial charge < -0.3 is 9.84 Å². The van der Waals surface area contributed by atoms with Crippen LogP contribution in [0.3, 0.4) is 0 Å². The lowest BCUT2D eigenvalue weighted by Crippen LogP contribution is -2.34. The molecule has 28 heavy (non-hydrogen) atoms. The third-order valence-electron chi connectivity index (χ3n) is 5.54. The number of hydrogen-bond acceptors (Lipinski definition) is 2. The Bertz CT molecular complexity index is 1050. The van der Waals surface area contributed by atoms with E-state index in [1.807, 2.05) is 18.2 Å². The van der Waals surface area contributed by atoms with E-state index in [2.05, 4.69) is 73.7 Å². The molecule has 0 bridgehead atoms. The lowest BCUT2D eigenvalue weighted by atomic mass is 9.63. The van der Waals surface area contributed by atoms with Crippen molar-refractivity contribution in [3.63, 3.8) is 0 Å². The van der Waals surface area contributed by atoms with Crippen LogP contribution in [-0.2, 0) is 5.41 Å². The van der Waals surface area contributed by atoms with Crippen molar-refractivity contribution in [3.05, 3.63) is 125 Å². The molecule has 0 saturated carbocycles. The van der Waals surface area contributed by atoms with Crippen LogP contribution < -0.4 is 4.74 Å². The molecule has 1 aliphatic rings. The van der Waals surface area contributed by atoms with Crippen molar-refractivity contribution in [2.75, 3.05) is 0 Å². The standard InChI is InChI=1S/C26H20O2/c1-18-12-14-22-24(16-18)28-25-17-21(27)13-15-23(25)26(22,19-8-4-2-5-9-19)20-10-6-3-7-11-20/h2-17,27H,1H3. The highest BCUT2D eigenvalue weighted by Crippen LogP contribution is 2.55. The quantitative estimate of drug-likeness (QED) is 0.405. The summed E-state index contributed by atoms with van der Waals surface area (Å²) in [4.78, 5) is 0. The van der Waals surface area contributed by atoms with Crippen molar-refractivity contribution < 1.29 is 9.84 Å². The Morgan fingerprint density at radius 3 is 1.79 bits per heavy atom. The van der Waals surface area contributed by atoms with E-state index in [9.17, 15) is 5.11 Å². The van der Waals surface area contributed by atoms with E-state index in [1.54, 1.807) is 12.1 Å². The number of ether oxygens (including phenoxy) is 1. The molecule has 0 unspecified atom stereocenters. The minimum atomic E-state index is -0.521. The maximum Gasteiger partial charge on any atom is 0.135 e. The van der Waals surface area contributed by atoms with E-state index in [4.69, 9.17) is 4.74 Å². The number of phenols is 1. The van der Waals surface area contributed by atoms with Crippen LogP contribution in [0.5, 0.6) is 17.2 Å². The van der Waals surface area contributed by atoms with Crippen molar-refractivity contribution in [3.8, 4) is 17.2 Å². The summed E-state index contributed by atoms with van der Waals surface area (Å²) >= 11 is 0. The number of hydrogen-bond donors (Lipinski definition) is 1. The molecular weight excluding hydrogens is 344 g/mol. The minimum Gasteiger partial charge on any atom is -0.508 e. The third kappa shape index (κ3) is 2.35. The van der Waals surface area contributed by atoms with Crippen LogP contribution in [0.4, 0.5) is 0 Å². The first kappa shape index (κ1) is 16.6. The predicted octanol–water partition coefficient (Wildman–Crippen LogP) is 6.19. The van der Waals surface area contributed by atoms with Crippen LogP contribution in [0.15, 0.2) is 97.1 Å². The van der Waals surface area contributed by atoms with Gasteiger partial charge in [0.25, 0.3) is 0 Å². The molecule has 0 spiro atoms. The summed E-state index contributed by atoms with van der Waals surface area (Å²) in [6.07, 6.45) is 0. The van der Waals surface area contributed by atoms with E-state index < -0.39 is 5.41 Å². The van der Waals surface area contributed by atoms with Crippen molar-refractivity contribution >= 4 is 0 Å². The zero-order valence-corrected chi connectivity index (χ0v) is 15.6. The van der Waals surface area contributed by atoms with Gasteiger partial charge in [0.2, 0.25) is 0 Å². The first-order valence-electron chi connectivity index (χ1n) is 9.43. The van der Waals surface area contributed by atoms with Crippen LogP contribution >= 0.6 is 0 Å². The highest BCUT2D eigenvalue weighted by atomic mass is 16.5. The lowest BCUT2D eigenvalue weighted by molar-refractivity contribution is 0.423. The van der Waals surface area contributed by atoms with E-state index in [0.29, 0.717) is 5.75 Å². The number of aromatic hydroxyl groups is 1. The van der Waals surface area contributed by atoms with Crippen LogP contribution in [0.1, 0.15) is 27.8 Å². The summed E-state index contributed by atoms with van der Waals surface area (Å²) in [5, 5.41) is 10.1. The number of fused-ring (bicyclic) bond motifs is 2. The van der Waals surface area contributed by atoms with Gasteiger partial charge in [-0.3, -0.25) is 0 Å². The van der Waals surface area contributed by atoms with Gasteiger partial charge in [0.05, 0.1) is 5.41 Å². The second-order valence-corrected chi connectivity index (χ2v) is 7.26. The van der Waals surface area contributed by atoms with Gasteiger partial charge in [-0.15, -0.1) is 0 Å². The van der Waals surface area contributed by atoms with Gasteiger partial charge in [-0.05, 0) is 35.7 Å². The van der Waals surface area contributed by atoms with E-state index >= 15 is 0 Å². The number of rotatable bonds is 2. The fourth-order valence-electron chi connectivity index (χ4n) is 4.36. The highest BCUT2D eigenvalue weighted by Gasteiger charge is 2.45. The molecule has 0 atom stereocenters. The molecule has 4 aromatic carbocycles. The molecule has 2 nitrogen and oxygen atoms in total. The second-order valence-electron chi connectivity index (χ2n) is 7.26. The van der Waals surface area contributed by atoms with E-state index in [0.717, 1.165) is 22.4 Å². The summed E-state index contributed by atoms with van der Waals surface area (Å²) in [6, 6.07) is 32.8. The smallest absolute Gasteiger partial charge is 0.135 e. The Kier molecular flexibility index (Phi) is 3.73. The zero-order chi connectivity index (χ0) is 19.1. The van der Waals surface area contributed by atoms with Gasteiger partial charge in [-0.25, -0.2) is 0 Å². The third-order valence-corrected chi connectivity index (χ3v) is 5.54. The average molecular weight is 364 g/mol. The largest absolute Gasteiger partial charge is 0.508 e. The van der Waals surface area contributed by atoms with Gasteiger partial charge in [-0.1, -0.05) is 78.9 Å². The molecule has 0 amide bonds. The molecule has 5 rings (SSSR count). The SMILES string of the molecule is Cc1ccc2c(c1)Oc1cc(O)ccc1C2(c1ccccc1)c1ccccc1. The molecule has 0 fully saturated rings. The zero-order valence-electron chi connectivity index (χ0n) is 15.6. The molecule has 1 heterocycles. The minimum absolute atomic E-state index is 0.199. The van der Waals surface area contributed by atoms with Crippen LogP contribution in [0, 0.1) is 6.92 Å². The molecule has 0 radical (unpaired) electrons. The van der Waals surface area contributed by atoms with Gasteiger partial charge >= 0.3 is 0 Å². The number of phenolic OH excluding ortho intramolecular Hbond substituents is 1. The van der Waals surface area contributed by atoms with Crippen LogP contribution in [0.2, 0.25) is 0 Å². The first-order chi connectivity index (χ1) is 13.7. The van der Waals surface area contributed by atoms with Gasteiger partial charge in [0.15, 0.2) is 0 Å². The topological polar surface area (TPSA) is 29.5 Å². The number of benzene rings is 4. The molecular formula is C26H20O2. The predicted molar refractivity (Wildman–Crippen MR) is 111 cm³/mol. The lowest BCUT2D eigenvalue weighted by Gasteiger charge is -2.41. The monoisotopic (exact) mass is 364 g/mol. The summed E-state index contributed by atoms with van der Waals surface area (Å²) in [7, 11) is 0. The fourth-order valence-corrected chi connectivity index (χ4v) is 4.36. The Hall–Kier alpha value is -3.52. The molecule has 1 N–H and O–H groups in total. The molecule has 1 aliphatic heterocycles. The second kappa shape index (κ2) is 6.28. The molecule has 0 aromatic heterocycles. The normalized spacial score (nSPS) is 13.9. The molecule has 0 aliphatic carbocycles. The Morgan fingerprint density at radius 2 is 1.18 bits per heavy atom. The van der Waals surface area contributed by atoms with E-state index in [1.165, 1.54) is 11.1 Å². The fraction of sp³-hybridized carbons (Fsp3) is 0.0769. The Morgan fingerprint density at radius 1 is 0.643 bits per heavy atom. The molecule has 4 aromatic rings. The van der Waals surface area contributed by atoms with Gasteiger partial charge in [-0.2, -0.15) is 0 Å². The summed E-state index contributed by atoms with van der Waals surface area (Å²) in [5.74, 6) is 1.71. The summed E-state index contributed by atoms with van der Waals surface area (Å²) < 4.78 is 6.28. The summed E-state index contributed by atoms with van der Waals surface area (Å²) in [6.45, 7) is 2.06. The van der Waals surface area contributed by atoms with E-state index in [-0.39, 0.29) is 5.75 Å². The van der Waals surface area contributed by atoms with Crippen LogP contribution in [-0.4, -0.2) is 5.11 Å². The Balaban J connectivity index is 1.97. The van der Waals surface area contributed by atoms with Crippen molar-refractivity contribution in [2.45, 2.75) is 12.3 Å². The molecule has 136 valence electrons. The maximum absolute atomic E-state index is 10.1. The molecule has 2 heteroatoms. The van der Waals surface area contributed by atoms with Crippen molar-refractivity contribution in [1.29, 1.82) is 0 Å².